The third-order valence-corrected chi connectivity index (χ3v) is 1.82. The molecule has 0 radical (unpaired) electrons. The van der Waals surface area contributed by atoms with Gasteiger partial charge in [-0.25, -0.2) is 0 Å². The van der Waals surface area contributed by atoms with E-state index in [0.717, 1.165) is 0 Å². The minimum atomic E-state index is -1.76. The number of aliphatic hydroxyl groups is 4. The fourth-order valence-corrected chi connectivity index (χ4v) is 1.11. The Morgan fingerprint density at radius 2 is 2.00 bits per heavy atom. The molecule has 0 aliphatic carbocycles. The van der Waals surface area contributed by atoms with E-state index in [-0.39, 0.29) is 0 Å². The molecule has 0 amide bonds. The average molecular weight is 164 g/mol. The predicted octanol–water partition coefficient (Wildman–Crippen LogP) is -2.19. The van der Waals surface area contributed by atoms with E-state index in [4.69, 9.17) is 20.1 Å². The first-order chi connectivity index (χ1) is 4.99. The van der Waals surface area contributed by atoms with Crippen LogP contribution in [0.25, 0.3) is 0 Å². The summed E-state index contributed by atoms with van der Waals surface area (Å²) in [5.74, 6) is -1.76. The van der Waals surface area contributed by atoms with Gasteiger partial charge in [-0.1, -0.05) is 0 Å². The van der Waals surface area contributed by atoms with Gasteiger partial charge in [0.05, 0.1) is 6.61 Å². The van der Waals surface area contributed by atoms with Crippen LogP contribution in [0, 0.1) is 0 Å². The van der Waals surface area contributed by atoms with Crippen LogP contribution >= 0.6 is 0 Å². The smallest absolute Gasteiger partial charge is 0.192 e. The molecule has 1 aliphatic rings. The molecule has 0 bridgehead atoms. The summed E-state index contributed by atoms with van der Waals surface area (Å²) < 4.78 is 4.73. The summed E-state index contributed by atoms with van der Waals surface area (Å²) in [4.78, 5) is 0. The molecule has 5 heteroatoms. The highest BCUT2D eigenvalue weighted by atomic mass is 16.7. The fraction of sp³-hybridized carbons (Fsp3) is 1.00. The summed E-state index contributed by atoms with van der Waals surface area (Å²) in [6.45, 7) is 0.810. The number of ether oxygens (including phenoxy) is 1. The first-order valence-corrected chi connectivity index (χ1v) is 3.36. The van der Waals surface area contributed by atoms with Crippen molar-refractivity contribution in [1.82, 2.24) is 0 Å². The zero-order valence-electron chi connectivity index (χ0n) is 6.14. The number of hydrogen-bond acceptors (Lipinski definition) is 5. The number of aliphatic hydroxyl groups excluding tert-OH is 3. The van der Waals surface area contributed by atoms with Gasteiger partial charge in [0.15, 0.2) is 5.79 Å². The van der Waals surface area contributed by atoms with Crippen LogP contribution in [-0.2, 0) is 4.74 Å². The van der Waals surface area contributed by atoms with Gasteiger partial charge in [-0.15, -0.1) is 0 Å². The Balaban J connectivity index is 2.69. The van der Waals surface area contributed by atoms with Crippen LogP contribution in [0.2, 0.25) is 0 Å². The van der Waals surface area contributed by atoms with Crippen LogP contribution in [0.15, 0.2) is 0 Å². The lowest BCUT2D eigenvalue weighted by molar-refractivity contribution is -0.217. The molecule has 0 spiro atoms. The van der Waals surface area contributed by atoms with E-state index < -0.39 is 30.7 Å². The minimum absolute atomic E-state index is 0.422. The normalized spacial score (nSPS) is 51.5. The molecule has 1 heterocycles. The van der Waals surface area contributed by atoms with Gasteiger partial charge in [0.1, 0.15) is 18.3 Å². The van der Waals surface area contributed by atoms with Gasteiger partial charge < -0.3 is 25.2 Å². The first kappa shape index (κ1) is 8.89. The van der Waals surface area contributed by atoms with Crippen molar-refractivity contribution in [2.24, 2.45) is 0 Å². The summed E-state index contributed by atoms with van der Waals surface area (Å²) in [5, 5.41) is 36.0. The Kier molecular flexibility index (Phi) is 2.17. The van der Waals surface area contributed by atoms with Gasteiger partial charge in [-0.2, -0.15) is 0 Å². The highest BCUT2D eigenvalue weighted by Gasteiger charge is 2.49. The molecule has 4 N–H and O–H groups in total. The van der Waals surface area contributed by atoms with E-state index >= 15 is 0 Å². The maximum absolute atomic E-state index is 9.19. The lowest BCUT2D eigenvalue weighted by Gasteiger charge is -2.19. The topological polar surface area (TPSA) is 90.2 Å². The molecule has 5 nitrogen and oxygen atoms in total. The molecule has 0 saturated carbocycles. The van der Waals surface area contributed by atoms with Crippen molar-refractivity contribution in [1.29, 1.82) is 0 Å². The van der Waals surface area contributed by atoms with E-state index in [1.807, 2.05) is 0 Å². The standard InChI is InChI=1S/C6H12O5/c1-6(10)5(9)4(8)3(2-7)11-6/h3-5,7-10H,2H2,1H3/t3-,4+,5+,6?/m1/s1. The van der Waals surface area contributed by atoms with Gasteiger partial charge in [0.2, 0.25) is 0 Å². The molecule has 1 fully saturated rings. The SMILES string of the molecule is CC1(O)O[C@H](CO)[C@H](O)[C@@H]1O. The molecule has 1 rings (SSSR count). The summed E-state index contributed by atoms with van der Waals surface area (Å²) in [6.07, 6.45) is -3.49. The van der Waals surface area contributed by atoms with Gasteiger partial charge in [-0.05, 0) is 6.92 Å². The molecule has 0 aromatic rings. The lowest BCUT2D eigenvalue weighted by atomic mass is 10.1. The number of hydrogen-bond donors (Lipinski definition) is 4. The number of rotatable bonds is 1. The van der Waals surface area contributed by atoms with Crippen molar-refractivity contribution < 1.29 is 25.2 Å². The van der Waals surface area contributed by atoms with Crippen LogP contribution in [0.4, 0.5) is 0 Å². The molecular weight excluding hydrogens is 152 g/mol. The van der Waals surface area contributed by atoms with Crippen LogP contribution in [0.3, 0.4) is 0 Å². The monoisotopic (exact) mass is 164 g/mol. The van der Waals surface area contributed by atoms with Crippen LogP contribution in [0.1, 0.15) is 6.92 Å². The Labute approximate surface area is 63.8 Å². The van der Waals surface area contributed by atoms with Crippen molar-refractivity contribution in [2.75, 3.05) is 6.61 Å². The largest absolute Gasteiger partial charge is 0.394 e. The van der Waals surface area contributed by atoms with Crippen LogP contribution in [-0.4, -0.2) is 51.1 Å². The van der Waals surface area contributed by atoms with Crippen LogP contribution < -0.4 is 0 Å². The fourth-order valence-electron chi connectivity index (χ4n) is 1.11. The van der Waals surface area contributed by atoms with Crippen molar-refractivity contribution >= 4 is 0 Å². The zero-order chi connectivity index (χ0) is 8.65. The highest BCUT2D eigenvalue weighted by molar-refractivity contribution is 4.92. The first-order valence-electron chi connectivity index (χ1n) is 3.36. The van der Waals surface area contributed by atoms with E-state index in [2.05, 4.69) is 0 Å². The Morgan fingerprint density at radius 3 is 2.18 bits per heavy atom. The van der Waals surface area contributed by atoms with E-state index in [1.54, 1.807) is 0 Å². The third kappa shape index (κ3) is 1.38. The Hall–Kier alpha value is -0.200. The Bertz CT molecular complexity index is 146. The minimum Gasteiger partial charge on any atom is -0.394 e. The van der Waals surface area contributed by atoms with Gasteiger partial charge in [0.25, 0.3) is 0 Å². The molecule has 11 heavy (non-hydrogen) atoms. The lowest BCUT2D eigenvalue weighted by Crippen LogP contribution is -2.40. The zero-order valence-corrected chi connectivity index (χ0v) is 6.14. The van der Waals surface area contributed by atoms with E-state index in [1.165, 1.54) is 6.92 Å². The maximum atomic E-state index is 9.19. The average Bonchev–Trinajstić information content (AvgIpc) is 2.13. The molecule has 1 aliphatic heterocycles. The molecule has 1 unspecified atom stereocenters. The summed E-state index contributed by atoms with van der Waals surface area (Å²) >= 11 is 0. The van der Waals surface area contributed by atoms with E-state index in [0.29, 0.717) is 0 Å². The van der Waals surface area contributed by atoms with Gasteiger partial charge >= 0.3 is 0 Å². The third-order valence-electron chi connectivity index (χ3n) is 1.82. The van der Waals surface area contributed by atoms with Crippen LogP contribution in [0.5, 0.6) is 0 Å². The molecule has 0 aromatic carbocycles. The second-order valence-electron chi connectivity index (χ2n) is 2.83. The Morgan fingerprint density at radius 1 is 1.45 bits per heavy atom. The van der Waals surface area contributed by atoms with Crippen molar-refractivity contribution in [3.8, 4) is 0 Å². The van der Waals surface area contributed by atoms with Gasteiger partial charge in [-0.3, -0.25) is 0 Å². The van der Waals surface area contributed by atoms with Crippen molar-refractivity contribution in [2.45, 2.75) is 31.0 Å². The maximum Gasteiger partial charge on any atom is 0.192 e. The van der Waals surface area contributed by atoms with Gasteiger partial charge in [0, 0.05) is 0 Å². The highest BCUT2D eigenvalue weighted by Crippen LogP contribution is 2.27. The molecular formula is C6H12O5. The quantitative estimate of drug-likeness (QED) is 0.353. The van der Waals surface area contributed by atoms with E-state index in [9.17, 15) is 5.11 Å². The van der Waals surface area contributed by atoms with Crippen molar-refractivity contribution in [3.63, 3.8) is 0 Å². The predicted molar refractivity (Wildman–Crippen MR) is 34.6 cm³/mol. The summed E-state index contributed by atoms with van der Waals surface area (Å²) in [5.41, 5.74) is 0. The summed E-state index contributed by atoms with van der Waals surface area (Å²) in [6, 6.07) is 0. The van der Waals surface area contributed by atoms with Crippen molar-refractivity contribution in [3.05, 3.63) is 0 Å². The second-order valence-corrected chi connectivity index (χ2v) is 2.83. The second kappa shape index (κ2) is 2.69. The molecule has 4 atom stereocenters. The molecule has 1 saturated heterocycles. The summed E-state index contributed by atoms with van der Waals surface area (Å²) in [7, 11) is 0. The molecule has 66 valence electrons. The molecule has 0 aromatic heterocycles.